The molecule has 76 heavy (non-hydrogen) atoms. The van der Waals surface area contributed by atoms with Crippen molar-refractivity contribution >= 4 is 78.0 Å². The molecule has 8 aromatic rings. The molecule has 3 heterocycles. The van der Waals surface area contributed by atoms with Crippen LogP contribution in [0.2, 0.25) is 0 Å². The van der Waals surface area contributed by atoms with Gasteiger partial charge in [0.05, 0.1) is 11.4 Å². The highest BCUT2D eigenvalue weighted by Crippen LogP contribution is 2.60. The van der Waals surface area contributed by atoms with Crippen LogP contribution in [0.5, 0.6) is 0 Å². The van der Waals surface area contributed by atoms with E-state index in [-0.39, 0.29) is 17.5 Å². The van der Waals surface area contributed by atoms with Crippen LogP contribution in [0.15, 0.2) is 140 Å². The standard InChI is InChI=1S/C72H75BN2S/c1-71(2,3)55-36-40-66-58(46-55)69-70(76-66)73-61-43-53(48-21-10-5-11-22-48)35-39-62(61)74(56-37-33-52(34-38-56)51-31-29-50(30-32-51)47-19-8-4-9-20-47)64-44-54(49-23-12-6-13-24-49)45-65(68(64)73)75(69)63-28-18-27-60-67(63)57-25-14-15-26-59(57)72(60)41-16-7-17-42-72/h14-15,18,25-40,43-49H,4-13,16-17,19-24,41-42H2,1-3H3. The fourth-order valence-electron chi connectivity index (χ4n) is 16.4. The molecule has 15 rings (SSSR count). The molecule has 2 aliphatic heterocycles. The van der Waals surface area contributed by atoms with Crippen LogP contribution in [0.25, 0.3) is 32.3 Å². The second kappa shape index (κ2) is 18.7. The maximum atomic E-state index is 2.87. The molecule has 0 amide bonds. The second-order valence-corrected chi connectivity index (χ2v) is 26.8. The predicted molar refractivity (Wildman–Crippen MR) is 327 cm³/mol. The summed E-state index contributed by atoms with van der Waals surface area (Å²) in [6.07, 6.45) is 26.3. The Morgan fingerprint density at radius 3 is 1.76 bits per heavy atom. The van der Waals surface area contributed by atoms with Gasteiger partial charge in [0.2, 0.25) is 0 Å². The van der Waals surface area contributed by atoms with Crippen LogP contribution in [0.4, 0.5) is 34.1 Å². The van der Waals surface area contributed by atoms with Crippen molar-refractivity contribution in [3.63, 3.8) is 0 Å². The zero-order chi connectivity index (χ0) is 50.7. The minimum atomic E-state index is 0.0167. The monoisotopic (exact) mass is 1010 g/mol. The number of rotatable bonds is 6. The summed E-state index contributed by atoms with van der Waals surface area (Å²) in [7, 11) is 0. The average Bonchev–Trinajstić information content (AvgIpc) is 4.03. The Morgan fingerprint density at radius 2 is 1.08 bits per heavy atom. The Morgan fingerprint density at radius 1 is 0.487 bits per heavy atom. The van der Waals surface area contributed by atoms with Gasteiger partial charge in [-0.15, -0.1) is 11.3 Å². The normalized spacial score (nSPS) is 19.4. The molecule has 0 unspecified atom stereocenters. The van der Waals surface area contributed by atoms with E-state index in [2.05, 4.69) is 181 Å². The third kappa shape index (κ3) is 7.60. The quantitative estimate of drug-likeness (QED) is 0.153. The Labute approximate surface area is 458 Å². The molecule has 1 aromatic heterocycles. The highest BCUT2D eigenvalue weighted by atomic mass is 32.1. The van der Waals surface area contributed by atoms with Crippen LogP contribution in [-0.4, -0.2) is 6.71 Å². The zero-order valence-electron chi connectivity index (χ0n) is 45.5. The van der Waals surface area contributed by atoms with Gasteiger partial charge in [-0.3, -0.25) is 0 Å². The molecular weight excluding hydrogens is 936 g/mol. The zero-order valence-corrected chi connectivity index (χ0v) is 46.3. The van der Waals surface area contributed by atoms with E-state index in [0.717, 1.165) is 5.92 Å². The van der Waals surface area contributed by atoms with Crippen molar-refractivity contribution < 1.29 is 0 Å². The lowest BCUT2D eigenvalue weighted by Gasteiger charge is -2.44. The van der Waals surface area contributed by atoms with Gasteiger partial charge >= 0.3 is 0 Å². The Balaban J connectivity index is 0.990. The molecular formula is C72H75BN2S. The Hall–Kier alpha value is -5.84. The predicted octanol–water partition coefficient (Wildman–Crippen LogP) is 19.3. The molecule has 4 heteroatoms. The first kappa shape index (κ1) is 47.4. The Kier molecular flexibility index (Phi) is 11.6. The lowest BCUT2D eigenvalue weighted by atomic mass is 9.36. The number of nitrogens with zero attached hydrogens (tertiary/aromatic N) is 2. The van der Waals surface area contributed by atoms with Crippen molar-refractivity contribution in [1.29, 1.82) is 0 Å². The molecule has 2 nitrogen and oxygen atoms in total. The van der Waals surface area contributed by atoms with Crippen LogP contribution >= 0.6 is 11.3 Å². The number of fused-ring (bicyclic) bond motifs is 11. The highest BCUT2D eigenvalue weighted by molar-refractivity contribution is 7.33. The summed E-state index contributed by atoms with van der Waals surface area (Å²) in [5.41, 5.74) is 25.9. The van der Waals surface area contributed by atoms with E-state index in [1.54, 1.807) is 16.7 Å². The minimum Gasteiger partial charge on any atom is -0.311 e. The number of thiophene rings is 1. The van der Waals surface area contributed by atoms with Crippen LogP contribution in [0.1, 0.15) is 200 Å². The van der Waals surface area contributed by atoms with Gasteiger partial charge in [0.15, 0.2) is 0 Å². The average molecular weight is 1010 g/mol. The van der Waals surface area contributed by atoms with E-state index in [4.69, 9.17) is 0 Å². The maximum absolute atomic E-state index is 2.87. The summed E-state index contributed by atoms with van der Waals surface area (Å²) in [5, 5.41) is 1.41. The van der Waals surface area contributed by atoms with E-state index in [1.807, 2.05) is 0 Å². The largest absolute Gasteiger partial charge is 0.311 e. The maximum Gasteiger partial charge on any atom is 0.264 e. The van der Waals surface area contributed by atoms with Gasteiger partial charge in [-0.2, -0.15) is 0 Å². The minimum absolute atomic E-state index is 0.0167. The van der Waals surface area contributed by atoms with Crippen molar-refractivity contribution in [3.8, 4) is 22.3 Å². The van der Waals surface area contributed by atoms with Crippen LogP contribution < -0.4 is 25.5 Å². The molecule has 1 spiro atoms. The van der Waals surface area contributed by atoms with E-state index < -0.39 is 0 Å². The van der Waals surface area contributed by atoms with Crippen LogP contribution in [0.3, 0.4) is 0 Å². The van der Waals surface area contributed by atoms with E-state index in [0.29, 0.717) is 11.8 Å². The fraction of sp³-hybridized carbons (Fsp3) is 0.389. The lowest BCUT2D eigenvalue weighted by Crippen LogP contribution is -2.60. The molecule has 0 bridgehead atoms. The molecule has 382 valence electrons. The van der Waals surface area contributed by atoms with Gasteiger partial charge in [0.25, 0.3) is 6.71 Å². The van der Waals surface area contributed by atoms with Crippen LogP contribution in [0, 0.1) is 0 Å². The molecule has 0 N–H and O–H groups in total. The van der Waals surface area contributed by atoms with Gasteiger partial charge < -0.3 is 9.80 Å². The highest BCUT2D eigenvalue weighted by Gasteiger charge is 2.49. The SMILES string of the molecule is CC(C)(C)c1ccc2sc3c(c2c1)N(c1cccc2c1-c1ccccc1C21CCCCC1)c1cc(C2CCCCC2)cc2c1B3c1cc(C3CCCCC3)ccc1N2c1ccc(-c2ccc(C3CCCCC3)cc2)cc1. The fourth-order valence-corrected chi connectivity index (χ4v) is 17.7. The van der Waals surface area contributed by atoms with Crippen molar-refractivity contribution in [2.75, 3.05) is 9.80 Å². The number of benzene rings is 7. The molecule has 7 aromatic carbocycles. The molecule has 0 atom stereocenters. The molecule has 7 aliphatic rings. The Bertz CT molecular complexity index is 3510. The summed E-state index contributed by atoms with van der Waals surface area (Å²) in [4.78, 5) is 5.60. The summed E-state index contributed by atoms with van der Waals surface area (Å²) in [5.74, 6) is 1.86. The van der Waals surface area contributed by atoms with E-state index in [9.17, 15) is 0 Å². The molecule has 0 saturated heterocycles. The third-order valence-electron chi connectivity index (χ3n) is 20.4. The number of hydrogen-bond donors (Lipinski definition) is 0. The number of anilines is 6. The summed E-state index contributed by atoms with van der Waals surface area (Å²) in [6, 6.07) is 57.3. The van der Waals surface area contributed by atoms with Crippen molar-refractivity contribution in [2.45, 2.75) is 178 Å². The topological polar surface area (TPSA) is 6.48 Å². The van der Waals surface area contributed by atoms with Gasteiger partial charge in [0.1, 0.15) is 0 Å². The van der Waals surface area contributed by atoms with Gasteiger partial charge in [-0.1, -0.05) is 189 Å². The third-order valence-corrected chi connectivity index (χ3v) is 21.6. The van der Waals surface area contributed by atoms with Crippen LogP contribution in [-0.2, 0) is 10.8 Å². The van der Waals surface area contributed by atoms with Gasteiger partial charge in [-0.05, 0) is 184 Å². The lowest BCUT2D eigenvalue weighted by molar-refractivity contribution is 0.353. The van der Waals surface area contributed by atoms with Gasteiger partial charge in [-0.25, -0.2) is 0 Å². The van der Waals surface area contributed by atoms with Gasteiger partial charge in [0, 0.05) is 48.6 Å². The summed E-state index contributed by atoms with van der Waals surface area (Å²) >= 11 is 2.08. The van der Waals surface area contributed by atoms with E-state index in [1.165, 1.54) is 227 Å². The first-order valence-electron chi connectivity index (χ1n) is 30.2. The summed E-state index contributed by atoms with van der Waals surface area (Å²) < 4.78 is 2.90. The smallest absolute Gasteiger partial charge is 0.264 e. The van der Waals surface area contributed by atoms with E-state index >= 15 is 0 Å². The molecule has 4 fully saturated rings. The molecule has 4 saturated carbocycles. The first-order valence-corrected chi connectivity index (χ1v) is 31.0. The molecule has 5 aliphatic carbocycles. The second-order valence-electron chi connectivity index (χ2n) is 25.7. The molecule has 0 radical (unpaired) electrons. The summed E-state index contributed by atoms with van der Waals surface area (Å²) in [6.45, 7) is 7.29. The number of hydrogen-bond acceptors (Lipinski definition) is 3. The first-order chi connectivity index (χ1) is 37.3. The van der Waals surface area contributed by atoms with Crippen molar-refractivity contribution in [2.24, 2.45) is 0 Å². The van der Waals surface area contributed by atoms with Crippen molar-refractivity contribution in [3.05, 3.63) is 173 Å². The van der Waals surface area contributed by atoms with Crippen molar-refractivity contribution in [1.82, 2.24) is 0 Å².